The molecule has 0 atom stereocenters. The molecule has 0 radical (unpaired) electrons. The molecular formula is C18H17NO. The first-order valence-corrected chi connectivity index (χ1v) is 7.65. The van der Waals surface area contributed by atoms with Crippen LogP contribution in [0.3, 0.4) is 0 Å². The first-order valence-electron chi connectivity index (χ1n) is 7.65. The summed E-state index contributed by atoms with van der Waals surface area (Å²) in [5.74, 6) is 2.48. The van der Waals surface area contributed by atoms with E-state index < -0.39 is 0 Å². The zero-order chi connectivity index (χ0) is 13.1. The second kappa shape index (κ2) is 3.78. The number of benzene rings is 1. The molecule has 5 rings (SSSR count). The fraction of sp³-hybridized carbons (Fsp3) is 0.333. The van der Waals surface area contributed by atoms with E-state index in [4.69, 9.17) is 4.42 Å². The summed E-state index contributed by atoms with van der Waals surface area (Å²) in [4.78, 5) is 3.65. The van der Waals surface area contributed by atoms with Crippen LogP contribution in [0.1, 0.15) is 35.5 Å². The van der Waals surface area contributed by atoms with Gasteiger partial charge >= 0.3 is 0 Å². The molecule has 0 saturated heterocycles. The van der Waals surface area contributed by atoms with E-state index in [0.717, 1.165) is 19.3 Å². The Bertz CT molecular complexity index is 821. The average Bonchev–Trinajstić information content (AvgIpc) is 3.04. The Hall–Kier alpha value is -1.96. The van der Waals surface area contributed by atoms with Crippen molar-refractivity contribution in [3.63, 3.8) is 0 Å². The Morgan fingerprint density at radius 1 is 0.850 bits per heavy atom. The van der Waals surface area contributed by atoms with Crippen LogP contribution in [0.25, 0.3) is 22.2 Å². The van der Waals surface area contributed by atoms with E-state index in [1.807, 2.05) is 0 Å². The van der Waals surface area contributed by atoms with Crippen molar-refractivity contribution in [3.05, 3.63) is 46.9 Å². The van der Waals surface area contributed by atoms with Crippen LogP contribution in [-0.2, 0) is 25.7 Å². The van der Waals surface area contributed by atoms with Gasteiger partial charge in [0.15, 0.2) is 0 Å². The van der Waals surface area contributed by atoms with Crippen LogP contribution in [0.5, 0.6) is 0 Å². The van der Waals surface area contributed by atoms with Gasteiger partial charge in [-0.3, -0.25) is 0 Å². The van der Waals surface area contributed by atoms with Crippen LogP contribution in [-0.4, -0.2) is 4.98 Å². The van der Waals surface area contributed by atoms with Gasteiger partial charge in [-0.25, -0.2) is 0 Å². The number of fused-ring (bicyclic) bond motifs is 7. The molecule has 20 heavy (non-hydrogen) atoms. The first-order chi connectivity index (χ1) is 9.92. The van der Waals surface area contributed by atoms with Gasteiger partial charge < -0.3 is 9.40 Å². The lowest BCUT2D eigenvalue weighted by molar-refractivity contribution is 0.443. The van der Waals surface area contributed by atoms with Crippen molar-refractivity contribution in [3.8, 4) is 11.3 Å². The zero-order valence-corrected chi connectivity index (χ0v) is 11.5. The van der Waals surface area contributed by atoms with Gasteiger partial charge in [0.1, 0.15) is 11.5 Å². The summed E-state index contributed by atoms with van der Waals surface area (Å²) >= 11 is 0. The smallest absolute Gasteiger partial charge is 0.114 e. The molecule has 1 N–H and O–H groups in total. The first kappa shape index (κ1) is 10.8. The fourth-order valence-corrected chi connectivity index (χ4v) is 4.00. The summed E-state index contributed by atoms with van der Waals surface area (Å²) in [6, 6.07) is 8.66. The number of aromatic nitrogens is 1. The van der Waals surface area contributed by atoms with Crippen molar-refractivity contribution in [2.24, 2.45) is 0 Å². The minimum Gasteiger partial charge on any atom is -0.465 e. The molecule has 2 aliphatic rings. The molecule has 0 saturated carbocycles. The van der Waals surface area contributed by atoms with Crippen molar-refractivity contribution in [2.75, 3.05) is 0 Å². The number of hydrogen-bond acceptors (Lipinski definition) is 1. The average molecular weight is 263 g/mol. The standard InChI is InChI=1S/C18H17NO/c1-3-7-14-11(5-1)12-9-10-16-17(18(12)19-14)13-6-2-4-8-15(13)20-16/h1,3,5,7,19H,2,4,6,8-10H2. The topological polar surface area (TPSA) is 28.9 Å². The maximum Gasteiger partial charge on any atom is 0.114 e. The van der Waals surface area contributed by atoms with Crippen LogP contribution < -0.4 is 0 Å². The second-order valence-corrected chi connectivity index (χ2v) is 6.03. The highest BCUT2D eigenvalue weighted by atomic mass is 16.3. The highest BCUT2D eigenvalue weighted by molar-refractivity contribution is 5.92. The van der Waals surface area contributed by atoms with Crippen molar-refractivity contribution < 1.29 is 4.42 Å². The number of aromatic amines is 1. The normalized spacial score (nSPS) is 16.8. The Labute approximate surface area is 117 Å². The third-order valence-electron chi connectivity index (χ3n) is 4.91. The number of furan rings is 1. The van der Waals surface area contributed by atoms with Gasteiger partial charge in [0.2, 0.25) is 0 Å². The molecule has 0 fully saturated rings. The molecule has 0 spiro atoms. The summed E-state index contributed by atoms with van der Waals surface area (Å²) in [7, 11) is 0. The predicted octanol–water partition coefficient (Wildman–Crippen LogP) is 4.41. The quantitative estimate of drug-likeness (QED) is 0.639. The number of aryl methyl sites for hydroxylation is 3. The molecule has 2 heteroatoms. The van der Waals surface area contributed by atoms with Gasteiger partial charge in [0.05, 0.1) is 5.69 Å². The maximum atomic E-state index is 6.16. The molecule has 0 aliphatic heterocycles. The summed E-state index contributed by atoms with van der Waals surface area (Å²) in [5.41, 5.74) is 6.97. The Morgan fingerprint density at radius 2 is 1.75 bits per heavy atom. The van der Waals surface area contributed by atoms with Crippen LogP contribution >= 0.6 is 0 Å². The summed E-state index contributed by atoms with van der Waals surface area (Å²) in [6.45, 7) is 0. The second-order valence-electron chi connectivity index (χ2n) is 6.03. The van der Waals surface area contributed by atoms with Gasteiger partial charge in [-0.2, -0.15) is 0 Å². The molecule has 3 aromatic rings. The largest absolute Gasteiger partial charge is 0.465 e. The van der Waals surface area contributed by atoms with Crippen molar-refractivity contribution >= 4 is 10.9 Å². The van der Waals surface area contributed by atoms with E-state index in [9.17, 15) is 0 Å². The van der Waals surface area contributed by atoms with E-state index >= 15 is 0 Å². The minimum atomic E-state index is 1.05. The molecule has 2 nitrogen and oxygen atoms in total. The molecule has 100 valence electrons. The molecule has 2 heterocycles. The summed E-state index contributed by atoms with van der Waals surface area (Å²) in [5, 5.41) is 1.39. The maximum absolute atomic E-state index is 6.16. The number of hydrogen-bond donors (Lipinski definition) is 1. The van der Waals surface area contributed by atoms with Gasteiger partial charge in [0, 0.05) is 34.9 Å². The number of nitrogens with one attached hydrogen (secondary N) is 1. The molecule has 0 amide bonds. The van der Waals surface area contributed by atoms with E-state index in [1.54, 1.807) is 0 Å². The lowest BCUT2D eigenvalue weighted by Crippen LogP contribution is -2.04. The number of para-hydroxylation sites is 1. The molecule has 2 aliphatic carbocycles. The van der Waals surface area contributed by atoms with Gasteiger partial charge in [-0.15, -0.1) is 0 Å². The van der Waals surface area contributed by atoms with Gasteiger partial charge in [-0.05, 0) is 37.3 Å². The van der Waals surface area contributed by atoms with Crippen LogP contribution in [0.4, 0.5) is 0 Å². The highest BCUT2D eigenvalue weighted by Gasteiger charge is 2.29. The number of rotatable bonds is 0. The zero-order valence-electron chi connectivity index (χ0n) is 11.5. The number of H-pyrrole nitrogens is 1. The van der Waals surface area contributed by atoms with Crippen LogP contribution in [0.2, 0.25) is 0 Å². The van der Waals surface area contributed by atoms with E-state index in [2.05, 4.69) is 29.2 Å². The fourth-order valence-electron chi connectivity index (χ4n) is 4.00. The molecule has 0 unspecified atom stereocenters. The van der Waals surface area contributed by atoms with E-state index in [1.165, 1.54) is 64.1 Å². The minimum absolute atomic E-state index is 1.05. The van der Waals surface area contributed by atoms with E-state index in [0.29, 0.717) is 0 Å². The predicted molar refractivity (Wildman–Crippen MR) is 80.1 cm³/mol. The molecular weight excluding hydrogens is 246 g/mol. The van der Waals surface area contributed by atoms with Crippen molar-refractivity contribution in [1.82, 2.24) is 4.98 Å². The lowest BCUT2D eigenvalue weighted by atomic mass is 9.87. The van der Waals surface area contributed by atoms with Gasteiger partial charge in [0.25, 0.3) is 0 Å². The third-order valence-corrected chi connectivity index (χ3v) is 4.91. The van der Waals surface area contributed by atoms with Crippen molar-refractivity contribution in [1.29, 1.82) is 0 Å². The van der Waals surface area contributed by atoms with Gasteiger partial charge in [-0.1, -0.05) is 18.2 Å². The SMILES string of the molecule is c1ccc2c3c([nH]c2c1)-c1c(oc2c1CCCC2)CC3. The van der Waals surface area contributed by atoms with E-state index in [-0.39, 0.29) is 0 Å². The monoisotopic (exact) mass is 263 g/mol. The summed E-state index contributed by atoms with van der Waals surface area (Å²) < 4.78 is 6.16. The van der Waals surface area contributed by atoms with Crippen LogP contribution in [0.15, 0.2) is 28.7 Å². The van der Waals surface area contributed by atoms with Crippen LogP contribution in [0, 0.1) is 0 Å². The molecule has 1 aromatic carbocycles. The highest BCUT2D eigenvalue weighted by Crippen LogP contribution is 2.43. The molecule has 2 aromatic heterocycles. The third kappa shape index (κ3) is 1.29. The summed E-state index contributed by atoms with van der Waals surface area (Å²) in [6.07, 6.45) is 7.03. The molecule has 0 bridgehead atoms. The Kier molecular flexibility index (Phi) is 2.04. The van der Waals surface area contributed by atoms with Crippen molar-refractivity contribution in [2.45, 2.75) is 38.5 Å². The lowest BCUT2D eigenvalue weighted by Gasteiger charge is -2.14. The Morgan fingerprint density at radius 3 is 2.75 bits per heavy atom. The Balaban J connectivity index is 1.84.